The summed E-state index contributed by atoms with van der Waals surface area (Å²) < 4.78 is 0. The summed E-state index contributed by atoms with van der Waals surface area (Å²) in [5.74, 6) is 0.139. The number of amides is 1. The van der Waals surface area contributed by atoms with Crippen LogP contribution in [0, 0.1) is 5.92 Å². The Labute approximate surface area is 193 Å². The number of benzene rings is 3. The van der Waals surface area contributed by atoms with Gasteiger partial charge in [0, 0.05) is 18.3 Å². The minimum absolute atomic E-state index is 0.00978. The van der Waals surface area contributed by atoms with Crippen LogP contribution < -0.4 is 21.2 Å². The van der Waals surface area contributed by atoms with Gasteiger partial charge in [-0.1, -0.05) is 112 Å². The lowest BCUT2D eigenvalue weighted by molar-refractivity contribution is -0.123. The summed E-state index contributed by atoms with van der Waals surface area (Å²) in [6.07, 6.45) is 3.95. The number of aliphatic imine (C=N–C) groups is 1. The fourth-order valence-electron chi connectivity index (χ4n) is 3.58. The first-order valence-corrected chi connectivity index (χ1v) is 12.8. The van der Waals surface area contributed by atoms with Crippen LogP contribution in [-0.4, -0.2) is 24.7 Å². The quantitative estimate of drug-likeness (QED) is 0.272. The van der Waals surface area contributed by atoms with Crippen LogP contribution in [0.15, 0.2) is 89.9 Å². The largest absolute Gasteiger partial charge is 0.354 e. The van der Waals surface area contributed by atoms with Crippen molar-refractivity contribution >= 4 is 36.0 Å². The molecule has 0 heterocycles. The average Bonchev–Trinajstić information content (AvgIpc) is 2.82. The van der Waals surface area contributed by atoms with Gasteiger partial charge in [-0.2, -0.15) is 0 Å². The Morgan fingerprint density at radius 2 is 1.47 bits per heavy atom. The van der Waals surface area contributed by atoms with Crippen molar-refractivity contribution in [2.75, 3.05) is 6.54 Å². The minimum Gasteiger partial charge on any atom is -0.354 e. The van der Waals surface area contributed by atoms with Crippen molar-refractivity contribution < 1.29 is 4.79 Å². The maximum atomic E-state index is 12.7. The number of nitrogens with zero attached hydrogens (tertiary/aromatic N) is 1. The van der Waals surface area contributed by atoms with Crippen molar-refractivity contribution in [1.82, 2.24) is 5.32 Å². The lowest BCUT2D eigenvalue weighted by Gasteiger charge is -2.21. The lowest BCUT2D eigenvalue weighted by atomic mass is 10.0. The first kappa shape index (κ1) is 23.9. The Bertz CT molecular complexity index is 963. The van der Waals surface area contributed by atoms with Crippen LogP contribution in [-0.2, 0) is 4.79 Å². The molecule has 0 aliphatic heterocycles. The fraction of sp³-hybridized carbons (Fsp3) is 0.286. The highest BCUT2D eigenvalue weighted by Gasteiger charge is 2.22. The third-order valence-corrected chi connectivity index (χ3v) is 7.83. The second-order valence-corrected chi connectivity index (χ2v) is 10.4. The van der Waals surface area contributed by atoms with E-state index in [1.54, 1.807) is 0 Å². The van der Waals surface area contributed by atoms with E-state index in [2.05, 4.69) is 91.1 Å². The topological polar surface area (TPSA) is 41.5 Å². The normalized spacial score (nSPS) is 12.4. The Kier molecular flexibility index (Phi) is 9.19. The van der Waals surface area contributed by atoms with E-state index in [0.29, 0.717) is 6.54 Å². The lowest BCUT2D eigenvalue weighted by Crippen LogP contribution is -2.37. The molecule has 0 bridgehead atoms. The van der Waals surface area contributed by atoms with Gasteiger partial charge in [-0.15, -0.1) is 0 Å². The zero-order valence-electron chi connectivity index (χ0n) is 19.2. The predicted molar refractivity (Wildman–Crippen MR) is 139 cm³/mol. The van der Waals surface area contributed by atoms with Gasteiger partial charge in [0.25, 0.3) is 0 Å². The van der Waals surface area contributed by atoms with E-state index < -0.39 is 7.92 Å². The summed E-state index contributed by atoms with van der Waals surface area (Å²) in [7, 11) is -0.732. The molecule has 1 N–H and O–H groups in total. The number of hydrogen-bond donors (Lipinski definition) is 1. The molecular weight excluding hydrogens is 411 g/mol. The molecule has 3 aromatic rings. The SMILES string of the molecule is CCCCNC(=O)[C@@H](N=Cc1ccccc1P(c1ccccc1)c1ccccc1)C(C)C. The molecule has 0 saturated heterocycles. The second kappa shape index (κ2) is 12.3. The molecule has 0 fully saturated rings. The van der Waals surface area contributed by atoms with Crippen LogP contribution in [0.3, 0.4) is 0 Å². The van der Waals surface area contributed by atoms with Gasteiger partial charge in [0.15, 0.2) is 0 Å². The third kappa shape index (κ3) is 6.37. The molecule has 0 aliphatic carbocycles. The molecule has 1 atom stereocenters. The van der Waals surface area contributed by atoms with Crippen LogP contribution in [0.25, 0.3) is 0 Å². The molecule has 0 aromatic heterocycles. The minimum atomic E-state index is -0.732. The van der Waals surface area contributed by atoms with E-state index in [1.807, 2.05) is 26.1 Å². The summed E-state index contributed by atoms with van der Waals surface area (Å²) in [5, 5.41) is 6.89. The molecular formula is C28H33N2OP. The zero-order chi connectivity index (χ0) is 22.8. The molecule has 4 heteroatoms. The summed E-state index contributed by atoms with van der Waals surface area (Å²) >= 11 is 0. The van der Waals surface area contributed by atoms with Crippen molar-refractivity contribution in [3.05, 3.63) is 90.5 Å². The van der Waals surface area contributed by atoms with Gasteiger partial charge in [-0.3, -0.25) is 9.79 Å². The number of rotatable bonds is 10. The van der Waals surface area contributed by atoms with Gasteiger partial charge in [0.2, 0.25) is 5.91 Å². The van der Waals surface area contributed by atoms with Gasteiger partial charge in [0.05, 0.1) is 0 Å². The number of unbranched alkanes of at least 4 members (excludes halogenated alkanes) is 1. The molecule has 0 saturated carbocycles. The Morgan fingerprint density at radius 3 is 2.03 bits per heavy atom. The number of nitrogens with one attached hydrogen (secondary N) is 1. The van der Waals surface area contributed by atoms with Crippen LogP contribution in [0.5, 0.6) is 0 Å². The van der Waals surface area contributed by atoms with E-state index in [-0.39, 0.29) is 17.9 Å². The van der Waals surface area contributed by atoms with Crippen molar-refractivity contribution in [2.24, 2.45) is 10.9 Å². The van der Waals surface area contributed by atoms with Gasteiger partial charge in [-0.05, 0) is 36.2 Å². The molecule has 3 aromatic carbocycles. The van der Waals surface area contributed by atoms with Crippen molar-refractivity contribution in [3.8, 4) is 0 Å². The summed E-state index contributed by atoms with van der Waals surface area (Å²) in [4.78, 5) is 17.5. The Morgan fingerprint density at radius 1 is 0.906 bits per heavy atom. The van der Waals surface area contributed by atoms with Gasteiger partial charge < -0.3 is 5.32 Å². The first-order valence-electron chi connectivity index (χ1n) is 11.4. The van der Waals surface area contributed by atoms with Crippen LogP contribution >= 0.6 is 7.92 Å². The molecule has 3 rings (SSSR count). The number of carbonyl (C=O) groups excluding carboxylic acids is 1. The molecule has 0 aliphatic rings. The zero-order valence-corrected chi connectivity index (χ0v) is 20.1. The molecule has 3 nitrogen and oxygen atoms in total. The van der Waals surface area contributed by atoms with Gasteiger partial charge in [0.1, 0.15) is 6.04 Å². The summed E-state index contributed by atoms with van der Waals surface area (Å²) in [6, 6.07) is 29.3. The van der Waals surface area contributed by atoms with E-state index in [4.69, 9.17) is 4.99 Å². The third-order valence-electron chi connectivity index (χ3n) is 5.31. The van der Waals surface area contributed by atoms with E-state index in [0.717, 1.165) is 18.4 Å². The fourth-order valence-corrected chi connectivity index (χ4v) is 6.00. The smallest absolute Gasteiger partial charge is 0.245 e. The monoisotopic (exact) mass is 444 g/mol. The van der Waals surface area contributed by atoms with Crippen LogP contribution in [0.2, 0.25) is 0 Å². The van der Waals surface area contributed by atoms with Crippen molar-refractivity contribution in [2.45, 2.75) is 39.7 Å². The average molecular weight is 445 g/mol. The summed E-state index contributed by atoms with van der Waals surface area (Å²) in [5.41, 5.74) is 1.07. The van der Waals surface area contributed by atoms with Gasteiger partial charge >= 0.3 is 0 Å². The maximum absolute atomic E-state index is 12.7. The molecule has 32 heavy (non-hydrogen) atoms. The Hall–Kier alpha value is -2.77. The van der Waals surface area contributed by atoms with Crippen LogP contribution in [0.1, 0.15) is 39.2 Å². The van der Waals surface area contributed by atoms with Gasteiger partial charge in [-0.25, -0.2) is 0 Å². The summed E-state index contributed by atoms with van der Waals surface area (Å²) in [6.45, 7) is 6.93. The van der Waals surface area contributed by atoms with Crippen molar-refractivity contribution in [3.63, 3.8) is 0 Å². The maximum Gasteiger partial charge on any atom is 0.245 e. The van der Waals surface area contributed by atoms with E-state index in [1.165, 1.54) is 15.9 Å². The number of carbonyl (C=O) groups is 1. The highest BCUT2D eigenvalue weighted by Crippen LogP contribution is 2.33. The first-order chi connectivity index (χ1) is 15.6. The molecule has 1 amide bonds. The van der Waals surface area contributed by atoms with Crippen LogP contribution in [0.4, 0.5) is 0 Å². The second-order valence-electron chi connectivity index (χ2n) is 8.18. The molecule has 0 spiro atoms. The highest BCUT2D eigenvalue weighted by atomic mass is 31.1. The Balaban J connectivity index is 1.96. The number of hydrogen-bond acceptors (Lipinski definition) is 2. The predicted octanol–water partition coefficient (Wildman–Crippen LogP) is 4.80. The highest BCUT2D eigenvalue weighted by molar-refractivity contribution is 7.80. The van der Waals surface area contributed by atoms with E-state index in [9.17, 15) is 4.79 Å². The molecule has 166 valence electrons. The molecule has 0 radical (unpaired) electrons. The molecule has 0 unspecified atom stereocenters. The standard InChI is InChI=1S/C28H33N2OP/c1-4-5-20-29-28(31)27(22(2)3)30-21-23-14-12-13-19-26(23)32(24-15-8-6-9-16-24)25-17-10-7-11-18-25/h6-19,21-22,27H,4-5,20H2,1-3H3,(H,29,31)/t27-/m0/s1. The van der Waals surface area contributed by atoms with Crippen molar-refractivity contribution in [1.29, 1.82) is 0 Å². The van der Waals surface area contributed by atoms with E-state index >= 15 is 0 Å².